The highest BCUT2D eigenvalue weighted by molar-refractivity contribution is 6.14. The fourth-order valence-electron chi connectivity index (χ4n) is 8.50. The average Bonchev–Trinajstić information content (AvgIpc) is 3.63. The molecule has 0 amide bonds. The van der Waals surface area contributed by atoms with Crippen LogP contribution in [0, 0.1) is 0 Å². The van der Waals surface area contributed by atoms with E-state index < -0.39 is 0 Å². The third-order valence-corrected chi connectivity index (χ3v) is 11.1. The lowest BCUT2D eigenvalue weighted by atomic mass is 9.94. The van der Waals surface area contributed by atoms with Gasteiger partial charge in [-0.3, -0.25) is 0 Å². The Balaban J connectivity index is 1.05. The molecule has 0 radical (unpaired) electrons. The topological polar surface area (TPSA) is 16.4 Å². The van der Waals surface area contributed by atoms with Gasteiger partial charge in [0.1, 0.15) is 5.58 Å². The van der Waals surface area contributed by atoms with E-state index in [1.807, 2.05) is 12.1 Å². The molecule has 0 unspecified atom stereocenters. The van der Waals surface area contributed by atoms with Crippen molar-refractivity contribution in [3.63, 3.8) is 0 Å². The molecule has 0 aliphatic rings. The van der Waals surface area contributed by atoms with Crippen LogP contribution in [0.2, 0.25) is 0 Å². The van der Waals surface area contributed by atoms with Crippen LogP contribution in [0.3, 0.4) is 0 Å². The van der Waals surface area contributed by atoms with Crippen molar-refractivity contribution in [1.29, 1.82) is 0 Å². The molecule has 1 heterocycles. The van der Waals surface area contributed by atoms with Crippen LogP contribution < -0.4 is 4.90 Å². The van der Waals surface area contributed by atoms with Gasteiger partial charge in [0.25, 0.3) is 0 Å². The summed E-state index contributed by atoms with van der Waals surface area (Å²) in [5.41, 5.74) is 9.68. The number of rotatable bonds is 5. The number of hydrogen-bond acceptors (Lipinski definition) is 2. The first-order chi connectivity index (χ1) is 26.8. The molecular weight excluding hydrogens is 655 g/mol. The first-order valence-electron chi connectivity index (χ1n) is 18.5. The zero-order chi connectivity index (χ0) is 35.6. The monoisotopic (exact) mass is 687 g/mol. The highest BCUT2D eigenvalue weighted by atomic mass is 16.3. The Hall–Kier alpha value is -7.16. The Morgan fingerprint density at radius 2 is 0.759 bits per heavy atom. The van der Waals surface area contributed by atoms with E-state index in [2.05, 4.69) is 193 Å². The van der Waals surface area contributed by atoms with Crippen LogP contribution in [0.4, 0.5) is 17.1 Å². The van der Waals surface area contributed by atoms with Gasteiger partial charge < -0.3 is 9.32 Å². The number of nitrogens with zero attached hydrogens (tertiary/aromatic N) is 1. The van der Waals surface area contributed by atoms with Crippen molar-refractivity contribution in [2.75, 3.05) is 4.90 Å². The molecule has 1 aromatic heterocycles. The van der Waals surface area contributed by atoms with Gasteiger partial charge in [-0.2, -0.15) is 0 Å². The van der Waals surface area contributed by atoms with E-state index in [-0.39, 0.29) is 0 Å². The molecule has 11 aromatic rings. The minimum atomic E-state index is 0.869. The molecule has 0 fully saturated rings. The van der Waals surface area contributed by atoms with E-state index in [4.69, 9.17) is 4.42 Å². The standard InChI is InChI=1S/C52H33NO/c1-3-12-40-34(10-1)26-32-46-42(15-7-17-44(40)46)36-22-28-38(29-23-36)53(50-20-9-19-49-48-14-5-6-21-51(48)54-52(49)50)39-30-24-37(25-31-39)43-16-8-18-45-41-13-4-2-11-35(41)27-33-47(43)45/h1-33H. The third kappa shape index (κ3) is 4.81. The summed E-state index contributed by atoms with van der Waals surface area (Å²) in [5.74, 6) is 0. The van der Waals surface area contributed by atoms with Crippen molar-refractivity contribution < 1.29 is 4.42 Å². The normalized spacial score (nSPS) is 11.7. The summed E-state index contributed by atoms with van der Waals surface area (Å²) < 4.78 is 6.62. The number of anilines is 3. The molecule has 0 saturated heterocycles. The minimum absolute atomic E-state index is 0.869. The summed E-state index contributed by atoms with van der Waals surface area (Å²) in [7, 11) is 0. The van der Waals surface area contributed by atoms with E-state index >= 15 is 0 Å². The van der Waals surface area contributed by atoms with Gasteiger partial charge in [0, 0.05) is 22.1 Å². The summed E-state index contributed by atoms with van der Waals surface area (Å²) in [5, 5.41) is 12.3. The molecule has 0 spiro atoms. The van der Waals surface area contributed by atoms with Crippen molar-refractivity contribution in [2.45, 2.75) is 0 Å². The molecular formula is C52H33NO. The Kier molecular flexibility index (Phi) is 6.90. The summed E-state index contributed by atoms with van der Waals surface area (Å²) in [6.45, 7) is 0. The fourth-order valence-corrected chi connectivity index (χ4v) is 8.50. The van der Waals surface area contributed by atoms with Gasteiger partial charge in [0.05, 0.1) is 5.69 Å². The Morgan fingerprint density at radius 3 is 1.33 bits per heavy atom. The zero-order valence-electron chi connectivity index (χ0n) is 29.4. The van der Waals surface area contributed by atoms with E-state index in [1.54, 1.807) is 0 Å². The van der Waals surface area contributed by atoms with Crippen molar-refractivity contribution in [1.82, 2.24) is 0 Å². The summed E-state index contributed by atoms with van der Waals surface area (Å²) in [6, 6.07) is 72.2. The van der Waals surface area contributed by atoms with Gasteiger partial charge >= 0.3 is 0 Å². The quantitative estimate of drug-likeness (QED) is 0.168. The summed E-state index contributed by atoms with van der Waals surface area (Å²) in [6.07, 6.45) is 0. The van der Waals surface area contributed by atoms with Crippen LogP contribution in [-0.4, -0.2) is 0 Å². The van der Waals surface area contributed by atoms with Gasteiger partial charge in [-0.25, -0.2) is 0 Å². The number of para-hydroxylation sites is 2. The van der Waals surface area contributed by atoms with Gasteiger partial charge in [0.15, 0.2) is 5.58 Å². The minimum Gasteiger partial charge on any atom is -0.454 e. The maximum Gasteiger partial charge on any atom is 0.159 e. The maximum absolute atomic E-state index is 6.62. The molecule has 0 N–H and O–H groups in total. The summed E-state index contributed by atoms with van der Waals surface area (Å²) in [4.78, 5) is 2.32. The van der Waals surface area contributed by atoms with Crippen LogP contribution in [0.5, 0.6) is 0 Å². The van der Waals surface area contributed by atoms with Gasteiger partial charge in [-0.05, 0) is 102 Å². The Labute approximate surface area is 312 Å². The largest absolute Gasteiger partial charge is 0.454 e. The molecule has 0 aliphatic carbocycles. The smallest absolute Gasteiger partial charge is 0.159 e. The second-order valence-corrected chi connectivity index (χ2v) is 14.1. The molecule has 0 aliphatic heterocycles. The third-order valence-electron chi connectivity index (χ3n) is 11.1. The van der Waals surface area contributed by atoms with Crippen molar-refractivity contribution in [2.24, 2.45) is 0 Å². The molecule has 10 aromatic carbocycles. The van der Waals surface area contributed by atoms with Gasteiger partial charge in [0.2, 0.25) is 0 Å². The van der Waals surface area contributed by atoms with Crippen molar-refractivity contribution >= 4 is 82.1 Å². The number of benzene rings is 10. The summed E-state index contributed by atoms with van der Waals surface area (Å²) >= 11 is 0. The number of hydrogen-bond donors (Lipinski definition) is 0. The Bertz CT molecular complexity index is 3050. The van der Waals surface area contributed by atoms with Crippen molar-refractivity contribution in [3.8, 4) is 22.3 Å². The number of furan rings is 1. The van der Waals surface area contributed by atoms with E-state index in [1.165, 1.54) is 65.3 Å². The van der Waals surface area contributed by atoms with Crippen LogP contribution in [-0.2, 0) is 0 Å². The lowest BCUT2D eigenvalue weighted by molar-refractivity contribution is 0.669. The molecule has 54 heavy (non-hydrogen) atoms. The maximum atomic E-state index is 6.62. The highest BCUT2D eigenvalue weighted by Crippen LogP contribution is 2.44. The fraction of sp³-hybridized carbons (Fsp3) is 0. The molecule has 2 heteroatoms. The van der Waals surface area contributed by atoms with Gasteiger partial charge in [-0.15, -0.1) is 0 Å². The van der Waals surface area contributed by atoms with Gasteiger partial charge in [-0.1, -0.05) is 164 Å². The van der Waals surface area contributed by atoms with E-state index in [0.717, 1.165) is 39.0 Å². The van der Waals surface area contributed by atoms with Crippen LogP contribution in [0.1, 0.15) is 0 Å². The molecule has 11 rings (SSSR count). The predicted molar refractivity (Wildman–Crippen MR) is 229 cm³/mol. The lowest BCUT2D eigenvalue weighted by Gasteiger charge is -2.26. The lowest BCUT2D eigenvalue weighted by Crippen LogP contribution is -2.10. The second kappa shape index (κ2) is 12.2. The molecule has 0 saturated carbocycles. The molecule has 0 atom stereocenters. The predicted octanol–water partition coefficient (Wildman–Crippen LogP) is 15.0. The molecule has 252 valence electrons. The van der Waals surface area contributed by atoms with E-state index in [9.17, 15) is 0 Å². The molecule has 2 nitrogen and oxygen atoms in total. The second-order valence-electron chi connectivity index (χ2n) is 14.1. The zero-order valence-corrected chi connectivity index (χ0v) is 29.4. The highest BCUT2D eigenvalue weighted by Gasteiger charge is 2.20. The number of fused-ring (bicyclic) bond motifs is 9. The van der Waals surface area contributed by atoms with Crippen LogP contribution >= 0.6 is 0 Å². The van der Waals surface area contributed by atoms with Crippen molar-refractivity contribution in [3.05, 3.63) is 200 Å². The van der Waals surface area contributed by atoms with Crippen LogP contribution in [0.25, 0.3) is 87.3 Å². The first kappa shape index (κ1) is 30.5. The SMILES string of the molecule is c1ccc2c(c1)ccc1c(-c3ccc(N(c4ccc(-c5cccc6c5ccc5ccccc56)cc4)c4cccc5c4oc4ccccc45)cc3)cccc12. The Morgan fingerprint density at radius 1 is 0.296 bits per heavy atom. The van der Waals surface area contributed by atoms with Crippen LogP contribution in [0.15, 0.2) is 205 Å². The molecule has 0 bridgehead atoms. The first-order valence-corrected chi connectivity index (χ1v) is 18.5. The average molecular weight is 688 g/mol. The van der Waals surface area contributed by atoms with E-state index in [0.29, 0.717) is 0 Å².